The summed E-state index contributed by atoms with van der Waals surface area (Å²) in [6.07, 6.45) is 0. The molecule has 0 aromatic carbocycles. The molecule has 0 unspecified atom stereocenters. The molecule has 0 bridgehead atoms. The molecule has 11 heavy (non-hydrogen) atoms. The second kappa shape index (κ2) is 6.19. The van der Waals surface area contributed by atoms with Gasteiger partial charge in [-0.05, 0) is 21.0 Å². The summed E-state index contributed by atoms with van der Waals surface area (Å²) in [6, 6.07) is 0. The Morgan fingerprint density at radius 3 is 1.91 bits per heavy atom. The lowest BCUT2D eigenvalue weighted by Crippen LogP contribution is -2.27. The molecule has 0 aliphatic rings. The fourth-order valence-corrected chi connectivity index (χ4v) is 0.541. The van der Waals surface area contributed by atoms with Crippen molar-refractivity contribution in [2.24, 2.45) is 0 Å². The Balaban J connectivity index is 0. The smallest absolute Gasteiger partial charge is 0.0299 e. The largest absolute Gasteiger partial charge is 0.377 e. The van der Waals surface area contributed by atoms with Gasteiger partial charge in [0.2, 0.25) is 0 Å². The van der Waals surface area contributed by atoms with Crippen LogP contribution in [0.3, 0.4) is 0 Å². The van der Waals surface area contributed by atoms with Gasteiger partial charge in [0, 0.05) is 25.8 Å². The average molecular weight is 159 g/mol. The molecule has 3 heteroatoms. The Morgan fingerprint density at radius 1 is 1.18 bits per heavy atom. The highest BCUT2D eigenvalue weighted by Gasteiger charge is 1.95. The first kappa shape index (κ1) is 13.1. The topological polar surface area (TPSA) is 41.5 Å². The lowest BCUT2D eigenvalue weighted by atomic mass is 10.4. The van der Waals surface area contributed by atoms with E-state index in [2.05, 4.69) is 37.5 Å². The minimum Gasteiger partial charge on any atom is -0.377 e. The van der Waals surface area contributed by atoms with Crippen molar-refractivity contribution in [3.05, 3.63) is 12.3 Å². The van der Waals surface area contributed by atoms with Gasteiger partial charge in [-0.1, -0.05) is 6.58 Å². The van der Waals surface area contributed by atoms with Crippen LogP contribution in [-0.2, 0) is 0 Å². The van der Waals surface area contributed by atoms with Crippen molar-refractivity contribution < 1.29 is 0 Å². The highest BCUT2D eigenvalue weighted by molar-refractivity contribution is 4.85. The zero-order valence-electron chi connectivity index (χ0n) is 8.22. The Labute approximate surface area is 70.3 Å². The maximum atomic E-state index is 3.84. The molecular formula is C8H21N3. The number of hydrogen-bond acceptors (Lipinski definition) is 3. The molecule has 0 spiro atoms. The van der Waals surface area contributed by atoms with E-state index in [9.17, 15) is 0 Å². The first-order chi connectivity index (χ1) is 4.54. The number of nitrogens with zero attached hydrogens (tertiary/aromatic N) is 2. The zero-order valence-corrected chi connectivity index (χ0v) is 8.22. The molecular weight excluding hydrogens is 138 g/mol. The monoisotopic (exact) mass is 159 g/mol. The predicted molar refractivity (Wildman–Crippen MR) is 51.0 cm³/mol. The van der Waals surface area contributed by atoms with Crippen molar-refractivity contribution in [2.45, 2.75) is 6.92 Å². The van der Waals surface area contributed by atoms with Gasteiger partial charge in [0.1, 0.15) is 0 Å². The molecule has 0 atom stereocenters. The van der Waals surface area contributed by atoms with E-state index in [4.69, 9.17) is 0 Å². The molecule has 3 nitrogen and oxygen atoms in total. The lowest BCUT2D eigenvalue weighted by molar-refractivity contribution is 0.327. The van der Waals surface area contributed by atoms with Crippen LogP contribution in [0.4, 0.5) is 0 Å². The van der Waals surface area contributed by atoms with Gasteiger partial charge in [-0.15, -0.1) is 0 Å². The van der Waals surface area contributed by atoms with Gasteiger partial charge in [-0.2, -0.15) is 0 Å². The van der Waals surface area contributed by atoms with Crippen molar-refractivity contribution in [1.82, 2.24) is 16.0 Å². The van der Waals surface area contributed by atoms with Crippen LogP contribution in [0.1, 0.15) is 6.92 Å². The second-order valence-electron chi connectivity index (χ2n) is 2.96. The van der Waals surface area contributed by atoms with Crippen LogP contribution < -0.4 is 6.15 Å². The van der Waals surface area contributed by atoms with Gasteiger partial charge in [-0.3, -0.25) is 0 Å². The Bertz CT molecular complexity index is 110. The molecule has 3 N–H and O–H groups in total. The summed E-state index contributed by atoms with van der Waals surface area (Å²) in [4.78, 5) is 4.32. The first-order valence-corrected chi connectivity index (χ1v) is 3.55. The van der Waals surface area contributed by atoms with Crippen LogP contribution in [0.2, 0.25) is 0 Å². The summed E-state index contributed by atoms with van der Waals surface area (Å²) >= 11 is 0. The average Bonchev–Trinajstić information content (AvgIpc) is 1.82. The lowest BCUT2D eigenvalue weighted by Gasteiger charge is -2.20. The quantitative estimate of drug-likeness (QED) is 0.669. The standard InChI is InChI=1S/C8H18N2.H3N/c1-8(2)10(5)7-6-9(3)4;/h1,6-7H2,2-5H3;1H3. The number of likely N-dealkylation sites (N-methyl/N-ethyl adjacent to an activating group) is 2. The molecule has 0 fully saturated rings. The number of hydrogen-bond donors (Lipinski definition) is 1. The third kappa shape index (κ3) is 7.36. The summed E-state index contributed by atoms with van der Waals surface area (Å²) in [5.74, 6) is 0. The van der Waals surface area contributed by atoms with E-state index < -0.39 is 0 Å². The molecule has 0 rings (SSSR count). The van der Waals surface area contributed by atoms with E-state index in [-0.39, 0.29) is 6.15 Å². The molecule has 68 valence electrons. The predicted octanol–water partition coefficient (Wildman–Crippen LogP) is 1.18. The van der Waals surface area contributed by atoms with Crippen LogP contribution in [0, 0.1) is 0 Å². The van der Waals surface area contributed by atoms with Crippen LogP contribution in [0.15, 0.2) is 12.3 Å². The summed E-state index contributed by atoms with van der Waals surface area (Å²) in [7, 11) is 6.21. The van der Waals surface area contributed by atoms with Gasteiger partial charge >= 0.3 is 0 Å². The van der Waals surface area contributed by atoms with Crippen LogP contribution in [0.5, 0.6) is 0 Å². The van der Waals surface area contributed by atoms with Gasteiger partial charge < -0.3 is 16.0 Å². The molecule has 0 saturated heterocycles. The summed E-state index contributed by atoms with van der Waals surface area (Å²) in [5.41, 5.74) is 1.13. The molecule has 0 aromatic rings. The molecule has 0 aliphatic heterocycles. The maximum absolute atomic E-state index is 3.84. The minimum absolute atomic E-state index is 0. The molecule has 0 saturated carbocycles. The van der Waals surface area contributed by atoms with Crippen LogP contribution in [-0.4, -0.2) is 44.0 Å². The zero-order chi connectivity index (χ0) is 8.15. The molecule has 0 heterocycles. The molecule has 0 amide bonds. The van der Waals surface area contributed by atoms with E-state index >= 15 is 0 Å². The van der Waals surface area contributed by atoms with Crippen molar-refractivity contribution in [2.75, 3.05) is 34.2 Å². The van der Waals surface area contributed by atoms with Gasteiger partial charge in [0.15, 0.2) is 0 Å². The second-order valence-corrected chi connectivity index (χ2v) is 2.96. The molecule has 0 radical (unpaired) electrons. The number of rotatable bonds is 4. The van der Waals surface area contributed by atoms with Gasteiger partial charge in [-0.25, -0.2) is 0 Å². The Kier molecular flexibility index (Phi) is 7.36. The molecule has 0 aromatic heterocycles. The van der Waals surface area contributed by atoms with Gasteiger partial charge in [0.05, 0.1) is 0 Å². The van der Waals surface area contributed by atoms with Crippen molar-refractivity contribution >= 4 is 0 Å². The van der Waals surface area contributed by atoms with Gasteiger partial charge in [0.25, 0.3) is 0 Å². The summed E-state index contributed by atoms with van der Waals surface area (Å²) in [5, 5.41) is 0. The van der Waals surface area contributed by atoms with Crippen molar-refractivity contribution in [3.8, 4) is 0 Å². The number of allylic oxidation sites excluding steroid dienone is 1. The fourth-order valence-electron chi connectivity index (χ4n) is 0.541. The van der Waals surface area contributed by atoms with E-state index in [1.165, 1.54) is 0 Å². The SMILES string of the molecule is C=C(C)N(C)CCN(C)C.N. The van der Waals surface area contributed by atoms with E-state index in [0.717, 1.165) is 18.8 Å². The Morgan fingerprint density at radius 2 is 1.64 bits per heavy atom. The highest BCUT2D eigenvalue weighted by atomic mass is 15.1. The van der Waals surface area contributed by atoms with Crippen molar-refractivity contribution in [3.63, 3.8) is 0 Å². The highest BCUT2D eigenvalue weighted by Crippen LogP contribution is 1.94. The maximum Gasteiger partial charge on any atom is 0.0299 e. The van der Waals surface area contributed by atoms with Crippen LogP contribution >= 0.6 is 0 Å². The Hall–Kier alpha value is -0.540. The first-order valence-electron chi connectivity index (χ1n) is 3.55. The minimum atomic E-state index is 0. The normalized spacial score (nSPS) is 9.18. The van der Waals surface area contributed by atoms with Crippen molar-refractivity contribution in [1.29, 1.82) is 0 Å². The van der Waals surface area contributed by atoms with Crippen LogP contribution in [0.25, 0.3) is 0 Å². The van der Waals surface area contributed by atoms with E-state index in [1.54, 1.807) is 0 Å². The fraction of sp³-hybridized carbons (Fsp3) is 0.750. The third-order valence-electron chi connectivity index (χ3n) is 1.53. The van der Waals surface area contributed by atoms with E-state index in [0.29, 0.717) is 0 Å². The molecule has 0 aliphatic carbocycles. The van der Waals surface area contributed by atoms with E-state index in [1.807, 2.05) is 6.92 Å². The third-order valence-corrected chi connectivity index (χ3v) is 1.53. The summed E-state index contributed by atoms with van der Waals surface area (Å²) < 4.78 is 0. The summed E-state index contributed by atoms with van der Waals surface area (Å²) in [6.45, 7) is 8.01.